The van der Waals surface area contributed by atoms with Gasteiger partial charge in [0.2, 0.25) is 0 Å². The molecule has 0 unspecified atom stereocenters. The number of carbonyl (C=O) groups is 1. The number of aromatic nitrogens is 3. The number of aliphatic carboxylic acids is 1. The molecule has 4 rings (SSSR count). The van der Waals surface area contributed by atoms with E-state index in [1.165, 1.54) is 0 Å². The first-order valence-corrected chi connectivity index (χ1v) is 10.5. The SMILES string of the molecule is CC(C)COc1ccc2c(c1)c(=O)n(CCc1c[nH]c3ccccc13)c(=O)n2CC(=O)O. The molecule has 2 aromatic carbocycles. The second-order valence-electron chi connectivity index (χ2n) is 8.21. The van der Waals surface area contributed by atoms with Crippen LogP contribution in [0.5, 0.6) is 5.75 Å². The molecule has 2 heterocycles. The van der Waals surface area contributed by atoms with Gasteiger partial charge in [-0.1, -0.05) is 32.0 Å². The van der Waals surface area contributed by atoms with E-state index >= 15 is 0 Å². The number of carboxylic acids is 1. The van der Waals surface area contributed by atoms with E-state index in [1.54, 1.807) is 18.2 Å². The number of nitrogens with one attached hydrogen (secondary N) is 1. The zero-order chi connectivity index (χ0) is 22.8. The molecule has 0 bridgehead atoms. The number of fused-ring (bicyclic) bond motifs is 2. The van der Waals surface area contributed by atoms with Gasteiger partial charge in [-0.2, -0.15) is 0 Å². The Morgan fingerprint density at radius 3 is 2.62 bits per heavy atom. The standard InChI is InChI=1S/C24H25N3O5/c1-15(2)14-32-17-7-8-21-19(11-17)23(30)26(24(31)27(21)13-22(28)29)10-9-16-12-25-20-6-4-3-5-18(16)20/h3-8,11-12,15,25H,9-10,13-14H2,1-2H3,(H,28,29). The van der Waals surface area contributed by atoms with Gasteiger partial charge in [0.1, 0.15) is 12.3 Å². The fourth-order valence-electron chi connectivity index (χ4n) is 3.81. The average molecular weight is 435 g/mol. The Bertz CT molecular complexity index is 1410. The van der Waals surface area contributed by atoms with E-state index < -0.39 is 23.8 Å². The molecular weight excluding hydrogens is 410 g/mol. The molecule has 166 valence electrons. The van der Waals surface area contributed by atoms with E-state index in [-0.39, 0.29) is 17.4 Å². The summed E-state index contributed by atoms with van der Waals surface area (Å²) in [6.07, 6.45) is 2.31. The van der Waals surface area contributed by atoms with Crippen molar-refractivity contribution in [3.8, 4) is 5.75 Å². The second-order valence-corrected chi connectivity index (χ2v) is 8.21. The number of ether oxygens (including phenoxy) is 1. The quantitative estimate of drug-likeness (QED) is 0.443. The van der Waals surface area contributed by atoms with Crippen LogP contribution in [-0.2, 0) is 24.3 Å². The van der Waals surface area contributed by atoms with E-state index in [4.69, 9.17) is 4.74 Å². The molecule has 0 amide bonds. The van der Waals surface area contributed by atoms with Crippen LogP contribution in [0.1, 0.15) is 19.4 Å². The van der Waals surface area contributed by atoms with Gasteiger partial charge in [-0.3, -0.25) is 18.7 Å². The fourth-order valence-corrected chi connectivity index (χ4v) is 3.81. The highest BCUT2D eigenvalue weighted by Gasteiger charge is 2.16. The topological polar surface area (TPSA) is 106 Å². The predicted molar refractivity (Wildman–Crippen MR) is 122 cm³/mol. The van der Waals surface area contributed by atoms with Crippen molar-refractivity contribution < 1.29 is 14.6 Å². The van der Waals surface area contributed by atoms with E-state index in [1.807, 2.05) is 44.3 Å². The molecule has 0 aliphatic carbocycles. The molecule has 4 aromatic rings. The molecule has 8 nitrogen and oxygen atoms in total. The van der Waals surface area contributed by atoms with Crippen LogP contribution >= 0.6 is 0 Å². The first-order valence-electron chi connectivity index (χ1n) is 10.5. The van der Waals surface area contributed by atoms with Crippen LogP contribution < -0.4 is 16.0 Å². The van der Waals surface area contributed by atoms with Crippen LogP contribution in [0.15, 0.2) is 58.3 Å². The maximum atomic E-state index is 13.2. The van der Waals surface area contributed by atoms with Gasteiger partial charge >= 0.3 is 11.7 Å². The normalized spacial score (nSPS) is 11.5. The summed E-state index contributed by atoms with van der Waals surface area (Å²) in [7, 11) is 0. The maximum Gasteiger partial charge on any atom is 0.332 e. The van der Waals surface area contributed by atoms with E-state index in [0.29, 0.717) is 24.7 Å². The molecule has 0 atom stereocenters. The molecule has 2 aromatic heterocycles. The molecule has 0 radical (unpaired) electrons. The fraction of sp³-hybridized carbons (Fsp3) is 0.292. The number of hydrogen-bond donors (Lipinski definition) is 2. The second kappa shape index (κ2) is 8.74. The van der Waals surface area contributed by atoms with Crippen LogP contribution in [0, 0.1) is 5.92 Å². The lowest BCUT2D eigenvalue weighted by molar-refractivity contribution is -0.137. The monoisotopic (exact) mass is 435 g/mol. The van der Waals surface area contributed by atoms with Crippen molar-refractivity contribution in [2.75, 3.05) is 6.61 Å². The first kappa shape index (κ1) is 21.4. The minimum absolute atomic E-state index is 0.131. The molecular formula is C24H25N3O5. The van der Waals surface area contributed by atoms with Crippen molar-refractivity contribution in [3.05, 3.63) is 75.1 Å². The minimum Gasteiger partial charge on any atom is -0.493 e. The van der Waals surface area contributed by atoms with Gasteiger partial charge in [0.15, 0.2) is 0 Å². The number of benzene rings is 2. The third kappa shape index (κ3) is 4.16. The molecule has 0 aliphatic rings. The molecule has 2 N–H and O–H groups in total. The van der Waals surface area contributed by atoms with Gasteiger partial charge in [-0.25, -0.2) is 4.79 Å². The van der Waals surface area contributed by atoms with Gasteiger partial charge in [0.25, 0.3) is 5.56 Å². The van der Waals surface area contributed by atoms with Crippen molar-refractivity contribution in [1.82, 2.24) is 14.1 Å². The molecule has 0 fully saturated rings. The smallest absolute Gasteiger partial charge is 0.332 e. The number of aryl methyl sites for hydroxylation is 1. The predicted octanol–water partition coefficient (Wildman–Crippen LogP) is 3.01. The summed E-state index contributed by atoms with van der Waals surface area (Å²) >= 11 is 0. The van der Waals surface area contributed by atoms with E-state index in [9.17, 15) is 19.5 Å². The van der Waals surface area contributed by atoms with E-state index in [0.717, 1.165) is 25.6 Å². The van der Waals surface area contributed by atoms with Crippen LogP contribution in [0.4, 0.5) is 0 Å². The average Bonchev–Trinajstić information content (AvgIpc) is 3.18. The minimum atomic E-state index is -1.16. The number of rotatable bonds is 8. The molecule has 0 saturated carbocycles. The molecule has 0 aliphatic heterocycles. The summed E-state index contributed by atoms with van der Waals surface area (Å²) in [6.45, 7) is 4.11. The number of nitrogens with zero attached hydrogens (tertiary/aromatic N) is 2. The van der Waals surface area contributed by atoms with Gasteiger partial charge < -0.3 is 14.8 Å². The van der Waals surface area contributed by atoms with Crippen LogP contribution in [0.2, 0.25) is 0 Å². The Kier molecular flexibility index (Phi) is 5.85. The van der Waals surface area contributed by atoms with Crippen molar-refractivity contribution in [3.63, 3.8) is 0 Å². The molecule has 8 heteroatoms. The van der Waals surface area contributed by atoms with Crippen LogP contribution in [0.3, 0.4) is 0 Å². The lowest BCUT2D eigenvalue weighted by Crippen LogP contribution is -2.41. The Morgan fingerprint density at radius 2 is 1.88 bits per heavy atom. The number of carboxylic acid groups (broad SMARTS) is 1. The highest BCUT2D eigenvalue weighted by molar-refractivity contribution is 5.83. The van der Waals surface area contributed by atoms with Crippen LogP contribution in [0.25, 0.3) is 21.8 Å². The highest BCUT2D eigenvalue weighted by atomic mass is 16.5. The lowest BCUT2D eigenvalue weighted by Gasteiger charge is -2.14. The zero-order valence-electron chi connectivity index (χ0n) is 18.0. The number of aromatic amines is 1. The summed E-state index contributed by atoms with van der Waals surface area (Å²) < 4.78 is 7.97. The third-order valence-electron chi connectivity index (χ3n) is 5.35. The third-order valence-corrected chi connectivity index (χ3v) is 5.35. The molecule has 0 saturated heterocycles. The number of H-pyrrole nitrogens is 1. The Labute approximate surface area is 183 Å². The van der Waals surface area contributed by atoms with Gasteiger partial charge in [0, 0.05) is 23.6 Å². The van der Waals surface area contributed by atoms with E-state index in [2.05, 4.69) is 4.98 Å². The Balaban J connectivity index is 1.78. The Hall–Kier alpha value is -3.81. The van der Waals surface area contributed by atoms with Crippen LogP contribution in [-0.4, -0.2) is 31.8 Å². The summed E-state index contributed by atoms with van der Waals surface area (Å²) in [4.78, 5) is 40.9. The summed E-state index contributed by atoms with van der Waals surface area (Å²) in [5.74, 6) is -0.346. The molecule has 0 spiro atoms. The maximum absolute atomic E-state index is 13.2. The summed E-state index contributed by atoms with van der Waals surface area (Å²) in [5.41, 5.74) is 1.14. The summed E-state index contributed by atoms with van der Waals surface area (Å²) in [6, 6.07) is 12.6. The van der Waals surface area contributed by atoms with Crippen molar-refractivity contribution >= 4 is 27.8 Å². The Morgan fingerprint density at radius 1 is 1.09 bits per heavy atom. The number of hydrogen-bond acceptors (Lipinski definition) is 4. The highest BCUT2D eigenvalue weighted by Crippen LogP contribution is 2.20. The lowest BCUT2D eigenvalue weighted by atomic mass is 10.1. The van der Waals surface area contributed by atoms with Gasteiger partial charge in [-0.05, 0) is 42.2 Å². The molecule has 32 heavy (non-hydrogen) atoms. The van der Waals surface area contributed by atoms with Gasteiger partial charge in [0.05, 0.1) is 17.5 Å². The number of para-hydroxylation sites is 1. The van der Waals surface area contributed by atoms with Gasteiger partial charge in [-0.15, -0.1) is 0 Å². The van der Waals surface area contributed by atoms with Crippen molar-refractivity contribution in [1.29, 1.82) is 0 Å². The summed E-state index contributed by atoms with van der Waals surface area (Å²) in [5, 5.41) is 10.6. The zero-order valence-corrected chi connectivity index (χ0v) is 18.0. The largest absolute Gasteiger partial charge is 0.493 e. The first-order chi connectivity index (χ1) is 15.3. The van der Waals surface area contributed by atoms with Crippen molar-refractivity contribution in [2.45, 2.75) is 33.4 Å². The van der Waals surface area contributed by atoms with Crippen molar-refractivity contribution in [2.24, 2.45) is 5.92 Å².